The molecule has 0 unspecified atom stereocenters. The molecule has 0 aliphatic carbocycles. The summed E-state index contributed by atoms with van der Waals surface area (Å²) in [5, 5.41) is 2.40. The predicted molar refractivity (Wildman–Crippen MR) is 71.2 cm³/mol. The van der Waals surface area contributed by atoms with Gasteiger partial charge in [-0.25, -0.2) is 13.2 Å². The molecule has 1 amide bonds. The highest BCUT2D eigenvalue weighted by Gasteiger charge is 2.09. The zero-order chi connectivity index (χ0) is 14.0. The van der Waals surface area contributed by atoms with Gasteiger partial charge >= 0.3 is 0 Å². The fourth-order valence-corrected chi connectivity index (χ4v) is 1.56. The fraction of sp³-hybridized carbons (Fsp3) is 0.0714. The Morgan fingerprint density at radius 3 is 2.25 bits per heavy atom. The molecule has 0 atom stereocenters. The monoisotopic (exact) mass is 285 g/mol. The second-order valence-corrected chi connectivity index (χ2v) is 4.05. The highest BCUT2D eigenvalue weighted by molar-refractivity contribution is 6.04. The van der Waals surface area contributed by atoms with Crippen molar-refractivity contribution in [2.24, 2.45) is 0 Å². The van der Waals surface area contributed by atoms with Gasteiger partial charge in [0.2, 0.25) is 0 Å². The van der Waals surface area contributed by atoms with Crippen LogP contribution in [0, 0.1) is 24.4 Å². The highest BCUT2D eigenvalue weighted by Crippen LogP contribution is 2.15. The first-order valence-electron chi connectivity index (χ1n) is 5.50. The maximum Gasteiger partial charge on any atom is 0.255 e. The number of rotatable bonds is 2. The molecule has 2 aromatic carbocycles. The third kappa shape index (κ3) is 3.36. The normalized spacial score (nSPS) is 9.80. The van der Waals surface area contributed by atoms with Gasteiger partial charge in [-0.15, -0.1) is 0 Å². The average Bonchev–Trinajstić information content (AvgIpc) is 2.37. The first-order chi connectivity index (χ1) is 8.97. The summed E-state index contributed by atoms with van der Waals surface area (Å²) in [6.07, 6.45) is 0. The number of hydrogen-bond donors (Lipinski definition) is 1. The Balaban J connectivity index is 0.00000200. The molecule has 0 bridgehead atoms. The summed E-state index contributed by atoms with van der Waals surface area (Å²) in [5.74, 6) is -2.97. The summed E-state index contributed by atoms with van der Waals surface area (Å²) in [7, 11) is 0. The Hall–Kier alpha value is -2.34. The smallest absolute Gasteiger partial charge is 0.255 e. The van der Waals surface area contributed by atoms with Gasteiger partial charge in [0.1, 0.15) is 5.82 Å². The lowest BCUT2D eigenvalue weighted by Crippen LogP contribution is -2.12. The molecule has 6 heteroatoms. The molecular weight excluding hydrogens is 271 g/mol. The zero-order valence-corrected chi connectivity index (χ0v) is 10.5. The van der Waals surface area contributed by atoms with E-state index in [1.165, 1.54) is 31.2 Å². The van der Waals surface area contributed by atoms with Crippen molar-refractivity contribution in [3.63, 3.8) is 0 Å². The minimum Gasteiger partial charge on any atom is -0.412 e. The van der Waals surface area contributed by atoms with Gasteiger partial charge in [-0.3, -0.25) is 4.79 Å². The number of hydrogen-bond acceptors (Lipinski definition) is 1. The molecule has 0 aliphatic rings. The summed E-state index contributed by atoms with van der Waals surface area (Å²) in [6.45, 7) is 1.53. The number of halogens is 3. The van der Waals surface area contributed by atoms with E-state index < -0.39 is 23.4 Å². The lowest BCUT2D eigenvalue weighted by Gasteiger charge is -2.06. The van der Waals surface area contributed by atoms with Gasteiger partial charge in [0.05, 0.1) is 0 Å². The van der Waals surface area contributed by atoms with Crippen LogP contribution in [0.4, 0.5) is 18.9 Å². The Labute approximate surface area is 114 Å². The lowest BCUT2D eigenvalue weighted by atomic mass is 10.1. The van der Waals surface area contributed by atoms with Crippen LogP contribution in [-0.2, 0) is 0 Å². The summed E-state index contributed by atoms with van der Waals surface area (Å²) in [5.41, 5.74) is 0.701. The molecule has 0 saturated heterocycles. The Morgan fingerprint density at radius 2 is 1.65 bits per heavy atom. The molecule has 20 heavy (non-hydrogen) atoms. The van der Waals surface area contributed by atoms with E-state index in [-0.39, 0.29) is 18.2 Å². The van der Waals surface area contributed by atoms with Gasteiger partial charge in [-0.2, -0.15) is 0 Å². The van der Waals surface area contributed by atoms with Crippen molar-refractivity contribution in [2.75, 3.05) is 5.32 Å². The average molecular weight is 285 g/mol. The number of amides is 1. The quantitative estimate of drug-likeness (QED) is 0.905. The van der Waals surface area contributed by atoms with E-state index in [0.717, 1.165) is 12.1 Å². The van der Waals surface area contributed by atoms with Crippen molar-refractivity contribution < 1.29 is 24.9 Å². The van der Waals surface area contributed by atoms with Crippen molar-refractivity contribution >= 4 is 11.6 Å². The van der Waals surface area contributed by atoms with Crippen LogP contribution in [0.1, 0.15) is 17.3 Å². The molecule has 0 fully saturated rings. The van der Waals surface area contributed by atoms with Crippen LogP contribution in [0.5, 0.6) is 0 Å². The van der Waals surface area contributed by atoms with E-state index in [4.69, 9.17) is 0 Å². The molecule has 3 nitrogen and oxygen atoms in total. The Kier molecular flexibility index (Phi) is 4.88. The first kappa shape index (κ1) is 15.7. The van der Waals surface area contributed by atoms with Gasteiger partial charge in [0.15, 0.2) is 11.6 Å². The second kappa shape index (κ2) is 6.21. The topological polar surface area (TPSA) is 60.6 Å². The van der Waals surface area contributed by atoms with Crippen molar-refractivity contribution in [3.05, 3.63) is 65.0 Å². The van der Waals surface area contributed by atoms with Gasteiger partial charge < -0.3 is 10.8 Å². The van der Waals surface area contributed by atoms with Crippen molar-refractivity contribution in [1.82, 2.24) is 0 Å². The second-order valence-electron chi connectivity index (χ2n) is 4.05. The van der Waals surface area contributed by atoms with Crippen LogP contribution in [0.3, 0.4) is 0 Å². The summed E-state index contributed by atoms with van der Waals surface area (Å²) < 4.78 is 38.8. The molecule has 0 spiro atoms. The molecule has 0 aromatic heterocycles. The van der Waals surface area contributed by atoms with Gasteiger partial charge in [-0.1, -0.05) is 0 Å². The number of aryl methyl sites for hydroxylation is 1. The van der Waals surface area contributed by atoms with Crippen LogP contribution >= 0.6 is 0 Å². The first-order valence-corrected chi connectivity index (χ1v) is 5.50. The van der Waals surface area contributed by atoms with Gasteiger partial charge in [0, 0.05) is 18.7 Å². The molecule has 0 heterocycles. The summed E-state index contributed by atoms with van der Waals surface area (Å²) >= 11 is 0. The fourth-order valence-electron chi connectivity index (χ4n) is 1.56. The maximum absolute atomic E-state index is 13.1. The van der Waals surface area contributed by atoms with Crippen molar-refractivity contribution in [2.45, 2.75) is 6.92 Å². The molecule has 2 aromatic rings. The third-order valence-corrected chi connectivity index (χ3v) is 2.60. The Morgan fingerprint density at radius 1 is 1.00 bits per heavy atom. The summed E-state index contributed by atoms with van der Waals surface area (Å²) in [4.78, 5) is 11.8. The van der Waals surface area contributed by atoms with Gasteiger partial charge in [-0.05, 0) is 42.8 Å². The van der Waals surface area contributed by atoms with Crippen LogP contribution in [0.25, 0.3) is 0 Å². The van der Waals surface area contributed by atoms with E-state index >= 15 is 0 Å². The highest BCUT2D eigenvalue weighted by atomic mass is 19.2. The number of benzene rings is 2. The van der Waals surface area contributed by atoms with E-state index in [0.29, 0.717) is 5.56 Å². The molecule has 0 radical (unpaired) electrons. The predicted octanol–water partition coefficient (Wildman–Crippen LogP) is 3.09. The molecule has 0 saturated carbocycles. The van der Waals surface area contributed by atoms with Crippen LogP contribution < -0.4 is 5.32 Å². The molecule has 3 N–H and O–H groups in total. The van der Waals surface area contributed by atoms with Crippen LogP contribution in [0.2, 0.25) is 0 Å². The van der Waals surface area contributed by atoms with Crippen LogP contribution in [-0.4, -0.2) is 11.4 Å². The van der Waals surface area contributed by atoms with Crippen molar-refractivity contribution in [3.8, 4) is 0 Å². The standard InChI is InChI=1S/C14H10F3NO.H2O.H2/c1-8-6-9(2-4-11(8)15)14(19)18-10-3-5-12(16)13(17)7-10;;/h2-7H,1H3,(H,18,19);1H2;1H. The van der Waals surface area contributed by atoms with Gasteiger partial charge in [0.25, 0.3) is 5.91 Å². The zero-order valence-electron chi connectivity index (χ0n) is 10.5. The number of anilines is 1. The minimum atomic E-state index is -1.05. The number of carbonyl (C=O) groups excluding carboxylic acids is 1. The number of nitrogens with one attached hydrogen (secondary N) is 1. The minimum absolute atomic E-state index is 0. The van der Waals surface area contributed by atoms with E-state index in [1.54, 1.807) is 0 Å². The molecule has 108 valence electrons. The molecule has 0 aliphatic heterocycles. The Bertz CT molecular complexity index is 650. The summed E-state index contributed by atoms with van der Waals surface area (Å²) in [6, 6.07) is 6.91. The van der Waals surface area contributed by atoms with Crippen molar-refractivity contribution in [1.29, 1.82) is 0 Å². The maximum atomic E-state index is 13.1. The third-order valence-electron chi connectivity index (χ3n) is 2.60. The van der Waals surface area contributed by atoms with E-state index in [2.05, 4.69) is 5.32 Å². The number of carbonyl (C=O) groups is 1. The van der Waals surface area contributed by atoms with E-state index in [9.17, 15) is 18.0 Å². The largest absolute Gasteiger partial charge is 0.412 e. The SMILES string of the molecule is Cc1cc(C(=O)Nc2ccc(F)c(F)c2)ccc1F.O.[HH]. The molecule has 2 rings (SSSR count). The molecular formula is C14H14F3NO2. The van der Waals surface area contributed by atoms with E-state index in [1.807, 2.05) is 0 Å². The lowest BCUT2D eigenvalue weighted by molar-refractivity contribution is 0.102. The van der Waals surface area contributed by atoms with Crippen LogP contribution in [0.15, 0.2) is 36.4 Å².